The van der Waals surface area contributed by atoms with Gasteiger partial charge in [0.2, 0.25) is 10.0 Å². The number of carbonyl (C=O) groups excluding carboxylic acids is 1. The fourth-order valence-corrected chi connectivity index (χ4v) is 6.48. The summed E-state index contributed by atoms with van der Waals surface area (Å²) in [6.45, 7) is 0.497. The molecule has 0 radical (unpaired) electrons. The molecule has 1 aliphatic heterocycles. The first-order chi connectivity index (χ1) is 15.9. The number of nitrogens with one attached hydrogen (secondary N) is 1. The molecule has 3 aromatic rings. The standard InChI is InChI=1S/C25H25IN2O4S/c1-32-24-15-10-19(17-22(24)26)25(29)27-20-11-13-21(14-12-20)33(30,31)28-16-6-5-9-23(28)18-7-3-2-4-8-18/h2-4,7-8,10-15,17,23H,5-6,9,16H2,1H3,(H,27,29)/t23-/m0/s1. The molecule has 0 aliphatic carbocycles. The minimum atomic E-state index is -3.66. The number of nitrogens with zero attached hydrogens (tertiary/aromatic N) is 1. The van der Waals surface area contributed by atoms with Crippen molar-refractivity contribution < 1.29 is 17.9 Å². The molecule has 0 spiro atoms. The van der Waals surface area contributed by atoms with Crippen LogP contribution < -0.4 is 10.1 Å². The maximum Gasteiger partial charge on any atom is 0.255 e. The van der Waals surface area contributed by atoms with E-state index in [9.17, 15) is 13.2 Å². The average molecular weight is 576 g/mol. The molecule has 1 fully saturated rings. The largest absolute Gasteiger partial charge is 0.496 e. The van der Waals surface area contributed by atoms with Crippen LogP contribution in [0.2, 0.25) is 0 Å². The Morgan fingerprint density at radius 3 is 2.42 bits per heavy atom. The molecule has 4 rings (SSSR count). The van der Waals surface area contributed by atoms with Crippen LogP contribution in [0, 0.1) is 3.57 Å². The molecular formula is C25H25IN2O4S. The maximum atomic E-state index is 13.4. The van der Waals surface area contributed by atoms with Crippen LogP contribution in [0.15, 0.2) is 77.7 Å². The van der Waals surface area contributed by atoms with Gasteiger partial charge in [-0.1, -0.05) is 36.8 Å². The highest BCUT2D eigenvalue weighted by molar-refractivity contribution is 14.1. The van der Waals surface area contributed by atoms with Crippen molar-refractivity contribution in [3.63, 3.8) is 0 Å². The summed E-state index contributed by atoms with van der Waals surface area (Å²) in [6, 6.07) is 21.2. The summed E-state index contributed by atoms with van der Waals surface area (Å²) in [5, 5.41) is 2.82. The van der Waals surface area contributed by atoms with Crippen molar-refractivity contribution in [3.05, 3.63) is 87.5 Å². The van der Waals surface area contributed by atoms with Crippen LogP contribution in [0.1, 0.15) is 41.2 Å². The lowest BCUT2D eigenvalue weighted by atomic mass is 9.98. The minimum Gasteiger partial charge on any atom is -0.496 e. The summed E-state index contributed by atoms with van der Waals surface area (Å²) in [5.74, 6) is 0.430. The van der Waals surface area contributed by atoms with Gasteiger partial charge < -0.3 is 10.1 Å². The Kier molecular flexibility index (Phi) is 7.35. The number of anilines is 1. The zero-order chi connectivity index (χ0) is 23.4. The normalized spacial score (nSPS) is 16.8. The SMILES string of the molecule is COc1ccc(C(=O)Nc2ccc(S(=O)(=O)N3CCCC[C@H]3c3ccccc3)cc2)cc1I. The van der Waals surface area contributed by atoms with Gasteiger partial charge in [-0.05, 0) is 83.5 Å². The summed E-state index contributed by atoms with van der Waals surface area (Å²) < 4.78 is 34.6. The number of sulfonamides is 1. The zero-order valence-electron chi connectivity index (χ0n) is 18.2. The first-order valence-electron chi connectivity index (χ1n) is 10.7. The number of ether oxygens (including phenoxy) is 1. The predicted molar refractivity (Wildman–Crippen MR) is 137 cm³/mol. The fraction of sp³-hybridized carbons (Fsp3) is 0.240. The first-order valence-corrected chi connectivity index (χ1v) is 13.2. The van der Waals surface area contributed by atoms with E-state index in [1.165, 1.54) is 0 Å². The molecule has 0 bridgehead atoms. The smallest absolute Gasteiger partial charge is 0.255 e. The molecule has 6 nitrogen and oxygen atoms in total. The fourth-order valence-electron chi connectivity index (χ4n) is 4.06. The van der Waals surface area contributed by atoms with E-state index >= 15 is 0 Å². The van der Waals surface area contributed by atoms with E-state index in [0.29, 0.717) is 23.5 Å². The monoisotopic (exact) mass is 576 g/mol. The Hall–Kier alpha value is -2.43. The van der Waals surface area contributed by atoms with Gasteiger partial charge in [0.25, 0.3) is 5.91 Å². The van der Waals surface area contributed by atoms with Gasteiger partial charge in [0.1, 0.15) is 5.75 Å². The lowest BCUT2D eigenvalue weighted by Crippen LogP contribution is -2.38. The first kappa shape index (κ1) is 23.7. The third kappa shape index (κ3) is 5.23. The van der Waals surface area contributed by atoms with Crippen molar-refractivity contribution in [2.75, 3.05) is 19.0 Å². The van der Waals surface area contributed by atoms with Crippen molar-refractivity contribution in [1.82, 2.24) is 4.31 Å². The van der Waals surface area contributed by atoms with Gasteiger partial charge in [-0.2, -0.15) is 4.31 Å². The molecule has 1 saturated heterocycles. The summed E-state index contributed by atoms with van der Waals surface area (Å²) in [4.78, 5) is 12.8. The van der Waals surface area contributed by atoms with Crippen LogP contribution in [0.25, 0.3) is 0 Å². The van der Waals surface area contributed by atoms with Crippen LogP contribution in [0.4, 0.5) is 5.69 Å². The molecule has 172 valence electrons. The number of rotatable bonds is 6. The van der Waals surface area contributed by atoms with E-state index in [1.54, 1.807) is 53.9 Å². The number of amides is 1. The van der Waals surface area contributed by atoms with Crippen molar-refractivity contribution in [3.8, 4) is 5.75 Å². The van der Waals surface area contributed by atoms with Gasteiger partial charge in [0.15, 0.2) is 0 Å². The molecule has 0 saturated carbocycles. The highest BCUT2D eigenvalue weighted by atomic mass is 127. The van der Waals surface area contributed by atoms with Gasteiger partial charge in [-0.15, -0.1) is 0 Å². The minimum absolute atomic E-state index is 0.165. The topological polar surface area (TPSA) is 75.7 Å². The van der Waals surface area contributed by atoms with E-state index in [4.69, 9.17) is 4.74 Å². The lowest BCUT2D eigenvalue weighted by molar-refractivity contribution is 0.102. The van der Waals surface area contributed by atoms with E-state index in [-0.39, 0.29) is 16.8 Å². The third-order valence-corrected chi connectivity index (χ3v) is 8.54. The third-order valence-electron chi connectivity index (χ3n) is 5.77. The Morgan fingerprint density at radius 1 is 1.03 bits per heavy atom. The number of methoxy groups -OCH3 is 1. The van der Waals surface area contributed by atoms with Gasteiger partial charge in [0, 0.05) is 17.8 Å². The molecule has 1 N–H and O–H groups in total. The summed E-state index contributed by atoms with van der Waals surface area (Å²) in [6.07, 6.45) is 2.65. The molecule has 8 heteroatoms. The molecule has 1 atom stereocenters. The zero-order valence-corrected chi connectivity index (χ0v) is 21.2. The Bertz CT molecular complexity index is 1230. The summed E-state index contributed by atoms with van der Waals surface area (Å²) >= 11 is 2.11. The molecule has 1 aliphatic rings. The Morgan fingerprint density at radius 2 is 1.76 bits per heavy atom. The van der Waals surface area contributed by atoms with Crippen molar-refractivity contribution in [2.45, 2.75) is 30.2 Å². The second-order valence-electron chi connectivity index (χ2n) is 7.87. The van der Waals surface area contributed by atoms with Crippen LogP contribution in [0.3, 0.4) is 0 Å². The number of piperidine rings is 1. The molecule has 1 heterocycles. The number of hydrogen-bond donors (Lipinski definition) is 1. The summed E-state index contributed by atoms with van der Waals surface area (Å²) in [7, 11) is -2.08. The van der Waals surface area contributed by atoms with Crippen LogP contribution in [0.5, 0.6) is 5.75 Å². The lowest BCUT2D eigenvalue weighted by Gasteiger charge is -2.35. The number of halogens is 1. The van der Waals surface area contributed by atoms with Crippen molar-refractivity contribution >= 4 is 44.2 Å². The van der Waals surface area contributed by atoms with Crippen LogP contribution in [-0.2, 0) is 10.0 Å². The number of carbonyl (C=O) groups is 1. The Labute approximate surface area is 208 Å². The van der Waals surface area contributed by atoms with Crippen LogP contribution >= 0.6 is 22.6 Å². The van der Waals surface area contributed by atoms with Gasteiger partial charge in [-0.25, -0.2) is 8.42 Å². The quantitative estimate of drug-likeness (QED) is 0.395. The predicted octanol–water partition coefficient (Wildman–Crippen LogP) is 5.47. The van der Waals surface area contributed by atoms with Crippen molar-refractivity contribution in [1.29, 1.82) is 0 Å². The van der Waals surface area contributed by atoms with Gasteiger partial charge >= 0.3 is 0 Å². The highest BCUT2D eigenvalue weighted by Crippen LogP contribution is 2.35. The summed E-state index contributed by atoms with van der Waals surface area (Å²) in [5.41, 5.74) is 2.04. The Balaban J connectivity index is 1.52. The van der Waals surface area contributed by atoms with Crippen LogP contribution in [-0.4, -0.2) is 32.3 Å². The van der Waals surface area contributed by atoms with Crippen molar-refractivity contribution in [2.24, 2.45) is 0 Å². The second-order valence-corrected chi connectivity index (χ2v) is 10.9. The van der Waals surface area contributed by atoms with Gasteiger partial charge in [-0.3, -0.25) is 4.79 Å². The molecular weight excluding hydrogens is 551 g/mol. The van der Waals surface area contributed by atoms with E-state index in [2.05, 4.69) is 27.9 Å². The highest BCUT2D eigenvalue weighted by Gasteiger charge is 2.34. The number of hydrogen-bond acceptors (Lipinski definition) is 4. The van der Waals surface area contributed by atoms with E-state index < -0.39 is 10.0 Å². The van der Waals surface area contributed by atoms with E-state index in [1.807, 2.05) is 30.3 Å². The second kappa shape index (κ2) is 10.2. The van der Waals surface area contributed by atoms with Gasteiger partial charge in [0.05, 0.1) is 21.6 Å². The molecule has 1 amide bonds. The maximum absolute atomic E-state index is 13.4. The molecule has 33 heavy (non-hydrogen) atoms. The van der Waals surface area contributed by atoms with E-state index in [0.717, 1.165) is 28.4 Å². The molecule has 0 unspecified atom stereocenters. The molecule has 0 aromatic heterocycles. The molecule has 3 aromatic carbocycles. The average Bonchev–Trinajstić information content (AvgIpc) is 2.85. The number of benzene rings is 3.